The molecule has 0 saturated carbocycles. The quantitative estimate of drug-likeness (QED) is 0.0247. The van der Waals surface area contributed by atoms with Crippen LogP contribution >= 0.6 is 0 Å². The Balaban J connectivity index is 1.64. The Morgan fingerprint density at radius 1 is 0.480 bits per heavy atom. The van der Waals surface area contributed by atoms with E-state index in [0.29, 0.717) is 12.8 Å². The van der Waals surface area contributed by atoms with E-state index in [1.54, 1.807) is 0 Å². The Kier molecular flexibility index (Phi) is 31.7. The average Bonchev–Trinajstić information content (AvgIpc) is 0.968. The zero-order valence-corrected chi connectivity index (χ0v) is 59.5. The van der Waals surface area contributed by atoms with Gasteiger partial charge < -0.3 is 114 Å². The molecule has 22 atom stereocenters. The van der Waals surface area contributed by atoms with Gasteiger partial charge in [-0.2, -0.15) is 0 Å². The van der Waals surface area contributed by atoms with Crippen molar-refractivity contribution in [2.45, 2.75) is 263 Å². The second kappa shape index (κ2) is 38.5. The molecule has 5 aliphatic rings. The first-order valence-electron chi connectivity index (χ1n) is 33.1. The summed E-state index contributed by atoms with van der Waals surface area (Å²) in [6.07, 6.45) is -25.1. The first-order chi connectivity index (χ1) is 47.9. The smallest absolute Gasteiger partial charge is 0.303 e. The topological polar surface area (TPSA) is 504 Å². The van der Waals surface area contributed by atoms with Gasteiger partial charge in [0.2, 0.25) is 53.2 Å². The van der Waals surface area contributed by atoms with Crippen LogP contribution in [0, 0.1) is 0 Å². The van der Waals surface area contributed by atoms with Crippen LogP contribution in [0.1, 0.15) is 129 Å². The molecule has 39 nitrogen and oxygen atoms in total. The third kappa shape index (κ3) is 23.4. The molecular weight excluding hydrogens is 1360 g/mol. The molecule has 0 aromatic heterocycles. The maximum Gasteiger partial charge on any atom is 0.303 e. The third-order valence-corrected chi connectivity index (χ3v) is 16.7. The van der Waals surface area contributed by atoms with Crippen molar-refractivity contribution >= 4 is 94.9 Å². The standard InChI is InChI=1S/C63H95N9O30/c1-16-39(67-29(5)73)56(85)70-45(58(87)66-27(3)59(88)72-22-18-20-41(72)60(89)71-21-17-19-40(71)57(86)65-26(2)55(84)64-15)28(4)93-62-46(68-30(6)74)51(102-63-54(98-38(14)82)53(97-37(13)81)50(95-35(11)79)44(101-63)25-91-33(9)77)48(83)42(99-62)23-92-61-47(69-31(7)75)52(96-36(12)80)49(94-34(10)78)43(100-61)24-90-32(8)76/h26-28,39-54,61-63,83H,16-25H2,1-15H3,(H,64,84)(H,65,86)(H,66,87)(H,67,73)(H,68,74)(H,69,75)(H,70,85)/t26?,27?,28?,39?,40?,41?,42?,43?,44?,45?,46?,47?,48-,49-,50-,51+,52+,53-,54?,61+,62+,63-/m0/s1. The Bertz CT molecular complexity index is 3090. The number of hydrogen-bond acceptors (Lipinski definition) is 30. The predicted molar refractivity (Wildman–Crippen MR) is 338 cm³/mol. The van der Waals surface area contributed by atoms with Gasteiger partial charge in [0.15, 0.2) is 49.4 Å². The number of amides is 9. The van der Waals surface area contributed by atoms with Gasteiger partial charge in [-0.1, -0.05) is 6.92 Å². The van der Waals surface area contributed by atoms with Crippen LogP contribution < -0.4 is 37.2 Å². The largest absolute Gasteiger partial charge is 0.463 e. The Morgan fingerprint density at radius 2 is 0.961 bits per heavy atom. The molecule has 5 heterocycles. The van der Waals surface area contributed by atoms with E-state index in [4.69, 9.17) is 61.6 Å². The summed E-state index contributed by atoms with van der Waals surface area (Å²) in [5, 5.41) is 30.5. The molecular formula is C63H95N9O30. The van der Waals surface area contributed by atoms with Gasteiger partial charge in [-0.25, -0.2) is 0 Å². The summed E-state index contributed by atoms with van der Waals surface area (Å²) in [6, 6.07) is -11.3. The molecule has 5 fully saturated rings. The van der Waals surface area contributed by atoms with E-state index in [1.807, 2.05) is 0 Å². The number of hydrogen-bond donors (Lipinski definition) is 8. The van der Waals surface area contributed by atoms with Gasteiger partial charge in [-0.15, -0.1) is 0 Å². The van der Waals surface area contributed by atoms with Crippen LogP contribution in [-0.4, -0.2) is 284 Å². The zero-order valence-electron chi connectivity index (χ0n) is 59.5. The molecule has 102 heavy (non-hydrogen) atoms. The van der Waals surface area contributed by atoms with Gasteiger partial charge in [-0.05, 0) is 52.9 Å². The number of carbonyl (C=O) groups excluding carboxylic acids is 16. The summed E-state index contributed by atoms with van der Waals surface area (Å²) in [7, 11) is 1.40. The molecule has 0 aliphatic carbocycles. The lowest BCUT2D eigenvalue weighted by molar-refractivity contribution is -0.353. The fourth-order valence-electron chi connectivity index (χ4n) is 12.3. The number of nitrogens with zero attached hydrogens (tertiary/aromatic N) is 2. The fourth-order valence-corrected chi connectivity index (χ4v) is 12.3. The number of nitrogens with one attached hydrogen (secondary N) is 7. The number of carbonyl (C=O) groups is 16. The number of esters is 7. The van der Waals surface area contributed by atoms with E-state index in [2.05, 4.69) is 37.2 Å². The van der Waals surface area contributed by atoms with Crippen LogP contribution in [-0.2, 0) is 138 Å². The Labute approximate surface area is 587 Å². The van der Waals surface area contributed by atoms with Crippen LogP contribution in [0.5, 0.6) is 0 Å². The Hall–Kier alpha value is -8.76. The third-order valence-electron chi connectivity index (χ3n) is 16.7. The van der Waals surface area contributed by atoms with Gasteiger partial charge >= 0.3 is 41.8 Å². The van der Waals surface area contributed by atoms with E-state index in [0.717, 1.165) is 69.2 Å². The van der Waals surface area contributed by atoms with Crippen LogP contribution in [0.4, 0.5) is 0 Å². The molecule has 0 aromatic carbocycles. The van der Waals surface area contributed by atoms with E-state index in [-0.39, 0.29) is 32.4 Å². The molecule has 572 valence electrons. The summed E-state index contributed by atoms with van der Waals surface area (Å²) in [5.41, 5.74) is 0. The number of aliphatic hydroxyl groups is 1. The van der Waals surface area contributed by atoms with E-state index < -0.39 is 249 Å². The van der Waals surface area contributed by atoms with Crippen molar-refractivity contribution in [3.05, 3.63) is 0 Å². The highest BCUT2D eigenvalue weighted by Crippen LogP contribution is 2.36. The number of likely N-dealkylation sites (tertiary alicyclic amines) is 2. The molecule has 5 saturated heterocycles. The van der Waals surface area contributed by atoms with Crippen molar-refractivity contribution in [3.63, 3.8) is 0 Å². The van der Waals surface area contributed by atoms with Crippen molar-refractivity contribution in [3.8, 4) is 0 Å². The van der Waals surface area contributed by atoms with Crippen molar-refractivity contribution in [2.24, 2.45) is 0 Å². The first-order valence-corrected chi connectivity index (χ1v) is 33.1. The van der Waals surface area contributed by atoms with Crippen molar-refractivity contribution < 1.29 is 143 Å². The SMILES string of the molecule is CCC(NC(C)=O)C(=O)NC(C(=O)NC(C)C(=O)N1CCCC1C(=O)N1CCCC1C(=O)NC(C)C(=O)NC)C(C)O[C@@H]1OC(CO[C@@H]2OC(COC(C)=O)[C@H](OC(C)=O)[C@H](OC(C)=O)C2NC(C)=O)[C@H](O)[C@H](O[C@@H]2OC(COC(C)=O)[C@H](OC(C)=O)[C@H](OC(C)=O)C2OC(C)=O)C1NC(C)=O. The summed E-state index contributed by atoms with van der Waals surface area (Å²) in [4.78, 5) is 214. The second-order valence-electron chi connectivity index (χ2n) is 24.9. The maximum atomic E-state index is 15.1. The summed E-state index contributed by atoms with van der Waals surface area (Å²) < 4.78 is 76.7. The maximum absolute atomic E-state index is 15.1. The predicted octanol–water partition coefficient (Wildman–Crippen LogP) is -4.74. The molecule has 0 bridgehead atoms. The molecule has 39 heteroatoms. The molecule has 0 radical (unpaired) electrons. The molecule has 5 aliphatic heterocycles. The van der Waals surface area contributed by atoms with Crippen molar-refractivity contribution in [1.82, 2.24) is 47.0 Å². The second-order valence-corrected chi connectivity index (χ2v) is 24.9. The number of ether oxygens (including phenoxy) is 13. The highest BCUT2D eigenvalue weighted by molar-refractivity contribution is 5.97. The molecule has 9 amide bonds. The Morgan fingerprint density at radius 3 is 1.47 bits per heavy atom. The van der Waals surface area contributed by atoms with Crippen LogP contribution in [0.2, 0.25) is 0 Å². The van der Waals surface area contributed by atoms with Gasteiger partial charge in [0.25, 0.3) is 0 Å². The van der Waals surface area contributed by atoms with E-state index >= 15 is 4.79 Å². The first kappa shape index (κ1) is 83.9. The fraction of sp³-hybridized carbons (Fsp3) is 0.746. The lowest BCUT2D eigenvalue weighted by Crippen LogP contribution is -2.70. The molecule has 8 N–H and O–H groups in total. The number of aliphatic hydroxyl groups excluding tert-OH is 1. The van der Waals surface area contributed by atoms with Gasteiger partial charge in [0.1, 0.15) is 92.1 Å². The highest BCUT2D eigenvalue weighted by atomic mass is 16.8. The van der Waals surface area contributed by atoms with Crippen LogP contribution in [0.15, 0.2) is 0 Å². The molecule has 13 unspecified atom stereocenters. The normalized spacial score (nSPS) is 29.0. The number of likely N-dealkylation sites (N-methyl/N-ethyl adjacent to an activating group) is 1. The minimum atomic E-state index is -2.21. The van der Waals surface area contributed by atoms with Crippen molar-refractivity contribution in [1.29, 1.82) is 0 Å². The lowest BCUT2D eigenvalue weighted by Gasteiger charge is -2.49. The zero-order chi connectivity index (χ0) is 76.3. The minimum Gasteiger partial charge on any atom is -0.463 e. The molecule has 0 spiro atoms. The van der Waals surface area contributed by atoms with Gasteiger partial charge in [0.05, 0.1) is 12.7 Å². The van der Waals surface area contributed by atoms with Gasteiger partial charge in [0, 0.05) is 89.4 Å². The van der Waals surface area contributed by atoms with Crippen LogP contribution in [0.3, 0.4) is 0 Å². The van der Waals surface area contributed by atoms with E-state index in [9.17, 15) is 77.0 Å². The monoisotopic (exact) mass is 1460 g/mol. The summed E-state index contributed by atoms with van der Waals surface area (Å²) in [5.74, 6) is -13.7. The van der Waals surface area contributed by atoms with Crippen molar-refractivity contribution in [2.75, 3.05) is 40.0 Å². The average molecular weight is 1460 g/mol. The van der Waals surface area contributed by atoms with Gasteiger partial charge in [-0.3, -0.25) is 76.7 Å². The van der Waals surface area contributed by atoms with Crippen LogP contribution in [0.25, 0.3) is 0 Å². The summed E-state index contributed by atoms with van der Waals surface area (Å²) in [6.45, 7) is 13.3. The lowest BCUT2D eigenvalue weighted by atomic mass is 9.94. The van der Waals surface area contributed by atoms with E-state index in [1.165, 1.54) is 44.5 Å². The molecule has 0 aromatic rings. The number of rotatable bonds is 30. The minimum absolute atomic E-state index is 0.0285. The highest BCUT2D eigenvalue weighted by Gasteiger charge is 2.58. The summed E-state index contributed by atoms with van der Waals surface area (Å²) >= 11 is 0. The molecule has 5 rings (SSSR count).